The first-order valence-electron chi connectivity index (χ1n) is 7.26. The number of hydrogen-bond acceptors (Lipinski definition) is 3. The van der Waals surface area contributed by atoms with Crippen molar-refractivity contribution in [3.63, 3.8) is 0 Å². The Hall–Kier alpha value is -1.13. The summed E-state index contributed by atoms with van der Waals surface area (Å²) in [7, 11) is 2.14. The molecule has 2 unspecified atom stereocenters. The highest BCUT2D eigenvalue weighted by atomic mass is 19.1. The number of nitrogens with zero attached hydrogens (tertiary/aromatic N) is 2. The molecule has 1 aromatic rings. The first-order chi connectivity index (χ1) is 9.31. The van der Waals surface area contributed by atoms with Gasteiger partial charge in [0.2, 0.25) is 0 Å². The number of aliphatic hydroxyl groups is 1. The second kappa shape index (κ2) is 5.70. The second-order valence-electron chi connectivity index (χ2n) is 6.10. The van der Waals surface area contributed by atoms with E-state index in [1.807, 2.05) is 6.07 Å². The summed E-state index contributed by atoms with van der Waals surface area (Å²) in [6, 6.07) is 4.21. The number of aliphatic hydroxyl groups excluding tert-OH is 1. The Morgan fingerprint density at radius 1 is 1.25 bits per heavy atom. The molecule has 1 heterocycles. The Morgan fingerprint density at radius 2 is 1.80 bits per heavy atom. The van der Waals surface area contributed by atoms with E-state index in [2.05, 4.69) is 30.7 Å². The first-order valence-corrected chi connectivity index (χ1v) is 7.26. The molecule has 0 spiro atoms. The summed E-state index contributed by atoms with van der Waals surface area (Å²) in [5, 5.41) is 9.93. The molecule has 1 fully saturated rings. The number of hydrogen-bond donors (Lipinski definition) is 1. The maximum atomic E-state index is 13.8. The Balaban J connectivity index is 2.39. The van der Waals surface area contributed by atoms with Crippen LogP contribution < -0.4 is 4.90 Å². The van der Waals surface area contributed by atoms with E-state index in [1.165, 1.54) is 6.07 Å². The highest BCUT2D eigenvalue weighted by molar-refractivity contribution is 5.57. The Kier molecular flexibility index (Phi) is 4.35. The molecule has 1 N–H and O–H groups in total. The minimum atomic E-state index is -0.662. The summed E-state index contributed by atoms with van der Waals surface area (Å²) in [6.45, 7) is 9.64. The van der Waals surface area contributed by atoms with Crippen LogP contribution >= 0.6 is 0 Å². The zero-order chi connectivity index (χ0) is 15.0. The summed E-state index contributed by atoms with van der Waals surface area (Å²) < 4.78 is 13.8. The predicted molar refractivity (Wildman–Crippen MR) is 80.7 cm³/mol. The van der Waals surface area contributed by atoms with Crippen LogP contribution in [0.5, 0.6) is 0 Å². The molecular weight excluding hydrogens is 255 g/mol. The van der Waals surface area contributed by atoms with E-state index in [-0.39, 0.29) is 5.82 Å². The molecule has 0 bridgehead atoms. The molecule has 112 valence electrons. The molecule has 1 saturated heterocycles. The van der Waals surface area contributed by atoms with Gasteiger partial charge < -0.3 is 10.0 Å². The van der Waals surface area contributed by atoms with Crippen molar-refractivity contribution in [2.75, 3.05) is 25.0 Å². The van der Waals surface area contributed by atoms with Gasteiger partial charge in [-0.3, -0.25) is 4.90 Å². The number of rotatable bonds is 2. The molecule has 0 saturated carbocycles. The molecule has 2 rings (SSSR count). The summed E-state index contributed by atoms with van der Waals surface area (Å²) in [6.07, 6.45) is -0.662. The second-order valence-corrected chi connectivity index (χ2v) is 6.10. The van der Waals surface area contributed by atoms with Gasteiger partial charge in [-0.2, -0.15) is 0 Å². The van der Waals surface area contributed by atoms with Gasteiger partial charge in [0.25, 0.3) is 0 Å². The zero-order valence-electron chi connectivity index (χ0n) is 13.0. The Labute approximate surface area is 121 Å². The van der Waals surface area contributed by atoms with Crippen molar-refractivity contribution in [3.8, 4) is 0 Å². The first kappa shape index (κ1) is 15.3. The third-order valence-corrected chi connectivity index (χ3v) is 4.46. The molecule has 1 aliphatic heterocycles. The summed E-state index contributed by atoms with van der Waals surface area (Å²) in [4.78, 5) is 4.62. The average Bonchev–Trinajstić information content (AvgIpc) is 2.37. The fraction of sp³-hybridized carbons (Fsp3) is 0.625. The number of benzene rings is 1. The van der Waals surface area contributed by atoms with Crippen molar-refractivity contribution in [3.05, 3.63) is 29.1 Å². The SMILES string of the molecule is Cc1cc(N2CC(C)N(C)C(C)C2)c([C@H](C)O)cc1F. The highest BCUT2D eigenvalue weighted by Crippen LogP contribution is 2.31. The number of aryl methyl sites for hydroxylation is 1. The van der Waals surface area contributed by atoms with Crippen LogP contribution in [0.2, 0.25) is 0 Å². The van der Waals surface area contributed by atoms with Gasteiger partial charge in [0.15, 0.2) is 0 Å². The average molecular weight is 280 g/mol. The number of anilines is 1. The summed E-state index contributed by atoms with van der Waals surface area (Å²) in [5.41, 5.74) is 2.27. The van der Waals surface area contributed by atoms with Gasteiger partial charge in [0, 0.05) is 36.4 Å². The summed E-state index contributed by atoms with van der Waals surface area (Å²) >= 11 is 0. The number of piperazine rings is 1. The van der Waals surface area contributed by atoms with Gasteiger partial charge in [-0.1, -0.05) is 0 Å². The molecule has 20 heavy (non-hydrogen) atoms. The minimum Gasteiger partial charge on any atom is -0.389 e. The van der Waals surface area contributed by atoms with Gasteiger partial charge in [-0.05, 0) is 52.4 Å². The van der Waals surface area contributed by atoms with E-state index in [0.29, 0.717) is 23.2 Å². The lowest BCUT2D eigenvalue weighted by Crippen LogP contribution is -2.55. The Bertz CT molecular complexity index is 478. The normalized spacial score (nSPS) is 25.9. The minimum absolute atomic E-state index is 0.250. The van der Waals surface area contributed by atoms with Crippen molar-refractivity contribution in [1.82, 2.24) is 4.90 Å². The van der Waals surface area contributed by atoms with E-state index in [9.17, 15) is 9.50 Å². The van der Waals surface area contributed by atoms with Crippen LogP contribution in [-0.4, -0.2) is 42.2 Å². The van der Waals surface area contributed by atoms with E-state index >= 15 is 0 Å². The van der Waals surface area contributed by atoms with Gasteiger partial charge in [-0.25, -0.2) is 4.39 Å². The molecule has 0 aromatic heterocycles. The third kappa shape index (κ3) is 2.81. The molecule has 3 nitrogen and oxygen atoms in total. The standard InChI is InChI=1S/C16H25FN2O/c1-10-6-16(14(13(4)20)7-15(10)17)19-8-11(2)18(5)12(3)9-19/h6-7,11-13,20H,8-9H2,1-5H3/t11?,12?,13-/m0/s1. The van der Waals surface area contributed by atoms with E-state index in [1.54, 1.807) is 13.8 Å². The van der Waals surface area contributed by atoms with Crippen LogP contribution in [0.4, 0.5) is 10.1 Å². The van der Waals surface area contributed by atoms with Crippen molar-refractivity contribution in [2.24, 2.45) is 0 Å². The molecule has 1 aromatic carbocycles. The quantitative estimate of drug-likeness (QED) is 0.902. The van der Waals surface area contributed by atoms with E-state index in [4.69, 9.17) is 0 Å². The van der Waals surface area contributed by atoms with Crippen LogP contribution in [0.3, 0.4) is 0 Å². The maximum Gasteiger partial charge on any atom is 0.126 e. The van der Waals surface area contributed by atoms with E-state index < -0.39 is 6.10 Å². The van der Waals surface area contributed by atoms with Crippen molar-refractivity contribution >= 4 is 5.69 Å². The number of halogens is 1. The Morgan fingerprint density at radius 3 is 2.30 bits per heavy atom. The van der Waals surface area contributed by atoms with Crippen LogP contribution in [0, 0.1) is 12.7 Å². The molecule has 0 radical (unpaired) electrons. The molecule has 0 aliphatic carbocycles. The van der Waals surface area contributed by atoms with Crippen molar-refractivity contribution in [1.29, 1.82) is 0 Å². The third-order valence-electron chi connectivity index (χ3n) is 4.46. The van der Waals surface area contributed by atoms with Gasteiger partial charge in [0.05, 0.1) is 6.10 Å². The smallest absolute Gasteiger partial charge is 0.126 e. The van der Waals surface area contributed by atoms with Gasteiger partial charge >= 0.3 is 0 Å². The summed E-state index contributed by atoms with van der Waals surface area (Å²) in [5.74, 6) is -0.250. The molecular formula is C16H25FN2O. The number of likely N-dealkylation sites (N-methyl/N-ethyl adjacent to an activating group) is 1. The molecule has 0 amide bonds. The molecule has 1 aliphatic rings. The highest BCUT2D eigenvalue weighted by Gasteiger charge is 2.28. The molecule has 3 atom stereocenters. The monoisotopic (exact) mass is 280 g/mol. The van der Waals surface area contributed by atoms with Crippen molar-refractivity contribution in [2.45, 2.75) is 45.9 Å². The van der Waals surface area contributed by atoms with Crippen LogP contribution in [0.1, 0.15) is 38.0 Å². The molecule has 4 heteroatoms. The zero-order valence-corrected chi connectivity index (χ0v) is 13.0. The van der Waals surface area contributed by atoms with Crippen LogP contribution in [0.25, 0.3) is 0 Å². The van der Waals surface area contributed by atoms with Gasteiger partial charge in [-0.15, -0.1) is 0 Å². The van der Waals surface area contributed by atoms with Crippen LogP contribution in [0.15, 0.2) is 12.1 Å². The lowest BCUT2D eigenvalue weighted by atomic mass is 10.0. The fourth-order valence-electron chi connectivity index (χ4n) is 2.89. The van der Waals surface area contributed by atoms with Crippen LogP contribution in [-0.2, 0) is 0 Å². The van der Waals surface area contributed by atoms with Gasteiger partial charge in [0.1, 0.15) is 5.82 Å². The fourth-order valence-corrected chi connectivity index (χ4v) is 2.89. The predicted octanol–water partition coefficient (Wildman–Crippen LogP) is 2.72. The topological polar surface area (TPSA) is 26.7 Å². The van der Waals surface area contributed by atoms with E-state index in [0.717, 1.165) is 18.8 Å². The van der Waals surface area contributed by atoms with Crippen molar-refractivity contribution < 1.29 is 9.50 Å². The maximum absolute atomic E-state index is 13.8. The lowest BCUT2D eigenvalue weighted by molar-refractivity contribution is 0.168. The largest absolute Gasteiger partial charge is 0.389 e. The lowest BCUT2D eigenvalue weighted by Gasteiger charge is -2.44.